The highest BCUT2D eigenvalue weighted by molar-refractivity contribution is 8.13. The number of aliphatic hydroxyl groups is 2. The average molecular weight is 317 g/mol. The van der Waals surface area contributed by atoms with E-state index in [1.807, 2.05) is 0 Å². The number of nitro benzene ring substituents is 1. The van der Waals surface area contributed by atoms with Crippen molar-refractivity contribution in [1.29, 1.82) is 0 Å². The van der Waals surface area contributed by atoms with E-state index in [1.54, 1.807) is 0 Å². The number of carbonyl (C=O) groups is 1. The van der Waals surface area contributed by atoms with Crippen molar-refractivity contribution in [3.8, 4) is 0 Å². The average Bonchev–Trinajstić information content (AvgIpc) is 2.37. The van der Waals surface area contributed by atoms with Gasteiger partial charge in [-0.1, -0.05) is 11.8 Å². The Hall–Kier alpha value is -1.51. The van der Waals surface area contributed by atoms with Gasteiger partial charge < -0.3 is 10.2 Å². The second-order valence-corrected chi connectivity index (χ2v) is 5.83. The van der Waals surface area contributed by atoms with Crippen LogP contribution in [0.25, 0.3) is 0 Å². The van der Waals surface area contributed by atoms with Crippen molar-refractivity contribution in [2.24, 2.45) is 0 Å². The first-order valence-electron chi connectivity index (χ1n) is 6.18. The Morgan fingerprint density at radius 1 is 1.48 bits per heavy atom. The van der Waals surface area contributed by atoms with Crippen molar-refractivity contribution >= 4 is 22.6 Å². The summed E-state index contributed by atoms with van der Waals surface area (Å²) in [5.41, 5.74) is -0.515. The molecule has 0 amide bonds. The largest absolute Gasteiger partial charge is 0.390 e. The van der Waals surface area contributed by atoms with Crippen LogP contribution in [0, 0.1) is 22.9 Å². The smallest absolute Gasteiger partial charge is 0.272 e. The second-order valence-electron chi connectivity index (χ2n) is 4.56. The van der Waals surface area contributed by atoms with Crippen LogP contribution in [-0.2, 0) is 4.79 Å². The standard InChI is InChI=1S/C13H16FNO5S/c1-7-5-10(14)9(6-11(7)15(19)20)13(18)12(17)3-4-21-8(2)16/h5-6,12-13,17-18H,3-4H2,1-2H3. The first-order valence-corrected chi connectivity index (χ1v) is 7.16. The summed E-state index contributed by atoms with van der Waals surface area (Å²) in [7, 11) is 0. The first-order chi connectivity index (χ1) is 9.73. The number of aryl methyl sites for hydroxylation is 1. The molecule has 1 rings (SSSR count). The molecule has 0 radical (unpaired) electrons. The molecule has 0 heterocycles. The summed E-state index contributed by atoms with van der Waals surface area (Å²) in [5, 5.41) is 30.4. The molecule has 0 aromatic heterocycles. The molecule has 8 heteroatoms. The molecule has 0 fully saturated rings. The van der Waals surface area contributed by atoms with Crippen LogP contribution in [0.5, 0.6) is 0 Å². The summed E-state index contributed by atoms with van der Waals surface area (Å²) in [6.07, 6.45) is -2.84. The van der Waals surface area contributed by atoms with Crippen LogP contribution in [0.1, 0.15) is 30.6 Å². The minimum Gasteiger partial charge on any atom is -0.390 e. The molecule has 0 spiro atoms. The Morgan fingerprint density at radius 2 is 2.10 bits per heavy atom. The maximum atomic E-state index is 13.8. The highest BCUT2D eigenvalue weighted by Crippen LogP contribution is 2.29. The Kier molecular flexibility index (Phi) is 6.25. The van der Waals surface area contributed by atoms with E-state index in [0.29, 0.717) is 0 Å². The molecule has 0 aliphatic rings. The van der Waals surface area contributed by atoms with E-state index < -0.39 is 22.9 Å². The Labute approximate surface area is 125 Å². The zero-order valence-electron chi connectivity index (χ0n) is 11.6. The predicted molar refractivity (Wildman–Crippen MR) is 76.5 cm³/mol. The summed E-state index contributed by atoms with van der Waals surface area (Å²) >= 11 is 0.975. The van der Waals surface area contributed by atoms with Gasteiger partial charge in [-0.25, -0.2) is 4.39 Å². The van der Waals surface area contributed by atoms with Gasteiger partial charge in [-0.3, -0.25) is 14.9 Å². The highest BCUT2D eigenvalue weighted by atomic mass is 32.2. The number of thioether (sulfide) groups is 1. The van der Waals surface area contributed by atoms with Gasteiger partial charge in [0.15, 0.2) is 5.12 Å². The second kappa shape index (κ2) is 7.48. The molecule has 0 aliphatic carbocycles. The van der Waals surface area contributed by atoms with Gasteiger partial charge in [0.1, 0.15) is 11.9 Å². The van der Waals surface area contributed by atoms with Crippen molar-refractivity contribution in [3.05, 3.63) is 39.2 Å². The first kappa shape index (κ1) is 17.5. The number of rotatable bonds is 6. The normalized spacial score (nSPS) is 13.8. The molecule has 0 bridgehead atoms. The van der Waals surface area contributed by atoms with Crippen LogP contribution in [0.4, 0.5) is 10.1 Å². The minimum atomic E-state index is -1.59. The number of benzene rings is 1. The third-order valence-electron chi connectivity index (χ3n) is 2.91. The molecule has 21 heavy (non-hydrogen) atoms. The summed E-state index contributed by atoms with van der Waals surface area (Å²) in [6.45, 7) is 2.76. The fraction of sp³-hybridized carbons (Fsp3) is 0.462. The van der Waals surface area contributed by atoms with Crippen molar-refractivity contribution in [3.63, 3.8) is 0 Å². The molecule has 116 valence electrons. The molecule has 1 aromatic carbocycles. The van der Waals surface area contributed by atoms with Crippen molar-refractivity contribution in [1.82, 2.24) is 0 Å². The van der Waals surface area contributed by atoms with Crippen molar-refractivity contribution < 1.29 is 24.3 Å². The summed E-state index contributed by atoms with van der Waals surface area (Å²) in [6, 6.07) is 1.88. The van der Waals surface area contributed by atoms with Crippen LogP contribution in [0.3, 0.4) is 0 Å². The van der Waals surface area contributed by atoms with E-state index in [-0.39, 0.29) is 34.1 Å². The number of carbonyl (C=O) groups excluding carboxylic acids is 1. The maximum Gasteiger partial charge on any atom is 0.272 e. The quantitative estimate of drug-likeness (QED) is 0.615. The summed E-state index contributed by atoms with van der Waals surface area (Å²) < 4.78 is 13.8. The van der Waals surface area contributed by atoms with Crippen LogP contribution >= 0.6 is 11.8 Å². The number of hydrogen-bond donors (Lipinski definition) is 2. The fourth-order valence-corrected chi connectivity index (χ4v) is 2.44. The van der Waals surface area contributed by atoms with Gasteiger partial charge in [-0.2, -0.15) is 0 Å². The SMILES string of the molecule is CC(=O)SCCC(O)C(O)c1cc([N+](=O)[O-])c(C)cc1F. The van der Waals surface area contributed by atoms with Crippen molar-refractivity contribution in [2.45, 2.75) is 32.5 Å². The van der Waals surface area contributed by atoms with Gasteiger partial charge in [-0.15, -0.1) is 0 Å². The van der Waals surface area contributed by atoms with E-state index in [0.717, 1.165) is 23.9 Å². The lowest BCUT2D eigenvalue weighted by Gasteiger charge is -2.18. The van der Waals surface area contributed by atoms with E-state index in [2.05, 4.69) is 0 Å². The number of nitro groups is 1. The lowest BCUT2D eigenvalue weighted by atomic mass is 9.99. The maximum absolute atomic E-state index is 13.8. The minimum absolute atomic E-state index is 0.0620. The Bertz CT molecular complexity index is 552. The van der Waals surface area contributed by atoms with E-state index in [9.17, 15) is 29.5 Å². The van der Waals surface area contributed by atoms with Crippen LogP contribution in [0.2, 0.25) is 0 Å². The predicted octanol–water partition coefficient (Wildman–Crippen LogP) is 2.11. The number of halogens is 1. The van der Waals surface area contributed by atoms with E-state index >= 15 is 0 Å². The monoisotopic (exact) mass is 317 g/mol. The van der Waals surface area contributed by atoms with E-state index in [4.69, 9.17) is 0 Å². The highest BCUT2D eigenvalue weighted by Gasteiger charge is 2.25. The Morgan fingerprint density at radius 3 is 2.62 bits per heavy atom. The zero-order chi connectivity index (χ0) is 16.2. The molecular formula is C13H16FNO5S. The molecule has 2 atom stereocenters. The van der Waals surface area contributed by atoms with Crippen LogP contribution in [-0.4, -0.2) is 32.1 Å². The molecule has 0 saturated carbocycles. The molecule has 1 aromatic rings. The van der Waals surface area contributed by atoms with Crippen LogP contribution in [0.15, 0.2) is 12.1 Å². The van der Waals surface area contributed by atoms with Crippen LogP contribution < -0.4 is 0 Å². The summed E-state index contributed by atoms with van der Waals surface area (Å²) in [5.74, 6) is -0.549. The summed E-state index contributed by atoms with van der Waals surface area (Å²) in [4.78, 5) is 20.9. The number of hydrogen-bond acceptors (Lipinski definition) is 6. The number of nitrogens with zero attached hydrogens (tertiary/aromatic N) is 1. The molecule has 2 N–H and O–H groups in total. The van der Waals surface area contributed by atoms with Gasteiger partial charge in [0.05, 0.1) is 11.0 Å². The topological polar surface area (TPSA) is 101 Å². The third kappa shape index (κ3) is 4.76. The molecule has 0 aliphatic heterocycles. The molecular weight excluding hydrogens is 301 g/mol. The van der Waals surface area contributed by atoms with Gasteiger partial charge in [0.25, 0.3) is 5.69 Å². The van der Waals surface area contributed by atoms with Gasteiger partial charge in [0, 0.05) is 29.9 Å². The lowest BCUT2D eigenvalue weighted by Crippen LogP contribution is -2.20. The van der Waals surface area contributed by atoms with Gasteiger partial charge in [-0.05, 0) is 19.4 Å². The molecule has 0 saturated heterocycles. The van der Waals surface area contributed by atoms with E-state index in [1.165, 1.54) is 13.8 Å². The third-order valence-corrected chi connectivity index (χ3v) is 3.76. The molecule has 6 nitrogen and oxygen atoms in total. The lowest BCUT2D eigenvalue weighted by molar-refractivity contribution is -0.385. The Balaban J connectivity index is 2.90. The zero-order valence-corrected chi connectivity index (χ0v) is 12.4. The molecule has 2 unspecified atom stereocenters. The fourth-order valence-electron chi connectivity index (χ4n) is 1.79. The number of aliphatic hydroxyl groups excluding tert-OH is 2. The van der Waals surface area contributed by atoms with Crippen molar-refractivity contribution in [2.75, 3.05) is 5.75 Å². The van der Waals surface area contributed by atoms with Gasteiger partial charge >= 0.3 is 0 Å². The van der Waals surface area contributed by atoms with Gasteiger partial charge in [0.2, 0.25) is 0 Å².